The van der Waals surface area contributed by atoms with Gasteiger partial charge in [0.05, 0.1) is 6.54 Å². The highest BCUT2D eigenvalue weighted by Crippen LogP contribution is 2.44. The maximum Gasteiger partial charge on any atom is 0.533 e. The molecule has 24 heavy (non-hydrogen) atoms. The van der Waals surface area contributed by atoms with E-state index in [1.807, 2.05) is 24.3 Å². The van der Waals surface area contributed by atoms with Crippen LogP contribution in [0.15, 0.2) is 48.5 Å². The second-order valence-corrected chi connectivity index (χ2v) is 5.98. The number of nitrogens with zero attached hydrogens (tertiary/aromatic N) is 1. The first kappa shape index (κ1) is 14.8. The van der Waals surface area contributed by atoms with Gasteiger partial charge in [-0.15, -0.1) is 0 Å². The van der Waals surface area contributed by atoms with E-state index in [-0.39, 0.29) is 18.4 Å². The summed E-state index contributed by atoms with van der Waals surface area (Å²) >= 11 is 0. The number of hydrogen-bond donors (Lipinski definition) is 0. The van der Waals surface area contributed by atoms with Crippen LogP contribution in [0.5, 0.6) is 0 Å². The molecule has 0 N–H and O–H groups in total. The molecule has 0 saturated carbocycles. The van der Waals surface area contributed by atoms with Gasteiger partial charge in [0, 0.05) is 12.3 Å². The van der Waals surface area contributed by atoms with E-state index in [0.717, 1.165) is 16.2 Å². The van der Waals surface area contributed by atoms with Crippen LogP contribution in [0.1, 0.15) is 29.9 Å². The van der Waals surface area contributed by atoms with E-state index in [1.54, 1.807) is 0 Å². The zero-order valence-electron chi connectivity index (χ0n) is 13.1. The van der Waals surface area contributed by atoms with E-state index < -0.39 is 6.16 Å². The summed E-state index contributed by atoms with van der Waals surface area (Å²) in [5.74, 6) is -0.192. The van der Waals surface area contributed by atoms with Crippen molar-refractivity contribution in [1.82, 2.24) is 5.06 Å². The lowest BCUT2D eigenvalue weighted by molar-refractivity contribution is -0.164. The van der Waals surface area contributed by atoms with Crippen LogP contribution in [0.3, 0.4) is 0 Å². The zero-order chi connectivity index (χ0) is 16.5. The molecule has 5 heteroatoms. The number of carbonyl (C=O) groups is 2. The molecular formula is C19H17NO4. The van der Waals surface area contributed by atoms with Crippen LogP contribution >= 0.6 is 0 Å². The van der Waals surface area contributed by atoms with Gasteiger partial charge in [-0.25, -0.2) is 4.79 Å². The summed E-state index contributed by atoms with van der Waals surface area (Å²) in [6.07, 6.45) is 0.290. The Bertz CT molecular complexity index is 756. The molecular weight excluding hydrogens is 306 g/mol. The van der Waals surface area contributed by atoms with Gasteiger partial charge < -0.3 is 9.57 Å². The SMILES string of the molecule is O=C(OCC1c2ccccc2-c2ccccc21)ON1CCCC1=O. The minimum absolute atomic E-state index is 0.0146. The molecule has 2 aliphatic rings. The Morgan fingerprint density at radius 2 is 1.67 bits per heavy atom. The van der Waals surface area contributed by atoms with Crippen LogP contribution in [0.2, 0.25) is 0 Å². The zero-order valence-corrected chi connectivity index (χ0v) is 13.1. The lowest BCUT2D eigenvalue weighted by atomic mass is 9.98. The lowest BCUT2D eigenvalue weighted by Gasteiger charge is -2.17. The third-order valence-corrected chi connectivity index (χ3v) is 4.55. The van der Waals surface area contributed by atoms with Crippen LogP contribution < -0.4 is 0 Å². The first-order valence-electron chi connectivity index (χ1n) is 8.07. The molecule has 0 atom stereocenters. The summed E-state index contributed by atoms with van der Waals surface area (Å²) < 4.78 is 5.29. The number of benzene rings is 2. The molecule has 0 spiro atoms. The van der Waals surface area contributed by atoms with Crippen molar-refractivity contribution in [2.24, 2.45) is 0 Å². The van der Waals surface area contributed by atoms with Gasteiger partial charge in [0.1, 0.15) is 6.61 Å². The minimum atomic E-state index is -0.827. The molecule has 4 rings (SSSR count). The molecule has 2 aromatic rings. The van der Waals surface area contributed by atoms with Crippen molar-refractivity contribution in [3.63, 3.8) is 0 Å². The van der Waals surface area contributed by atoms with Crippen molar-refractivity contribution < 1.29 is 19.2 Å². The van der Waals surface area contributed by atoms with Gasteiger partial charge in [0.15, 0.2) is 0 Å². The Kier molecular flexibility index (Phi) is 3.69. The van der Waals surface area contributed by atoms with Gasteiger partial charge in [0.25, 0.3) is 5.91 Å². The molecule has 1 heterocycles. The number of amides is 1. The van der Waals surface area contributed by atoms with Crippen LogP contribution in [0.25, 0.3) is 11.1 Å². The van der Waals surface area contributed by atoms with Crippen LogP contribution in [-0.4, -0.2) is 30.3 Å². The van der Waals surface area contributed by atoms with E-state index in [1.165, 1.54) is 11.1 Å². The van der Waals surface area contributed by atoms with E-state index in [0.29, 0.717) is 19.4 Å². The molecule has 1 saturated heterocycles. The first-order chi connectivity index (χ1) is 11.7. The third kappa shape index (κ3) is 2.52. The van der Waals surface area contributed by atoms with Gasteiger partial charge >= 0.3 is 6.16 Å². The van der Waals surface area contributed by atoms with Gasteiger partial charge in [-0.1, -0.05) is 48.5 Å². The smallest absolute Gasteiger partial charge is 0.432 e. The largest absolute Gasteiger partial charge is 0.533 e. The molecule has 1 amide bonds. The molecule has 1 aliphatic carbocycles. The van der Waals surface area contributed by atoms with E-state index in [9.17, 15) is 9.59 Å². The average Bonchev–Trinajstić information content (AvgIpc) is 3.15. The molecule has 5 nitrogen and oxygen atoms in total. The van der Waals surface area contributed by atoms with E-state index in [2.05, 4.69) is 24.3 Å². The molecule has 1 fully saturated rings. The standard InChI is InChI=1S/C19H17NO4/c21-18-10-5-11-20(18)24-19(22)23-12-17-15-8-3-1-6-13(15)14-7-2-4-9-16(14)17/h1-4,6-9,17H,5,10-12H2. The predicted octanol–water partition coefficient (Wildman–Crippen LogP) is 3.49. The fourth-order valence-corrected chi connectivity index (χ4v) is 3.43. The first-order valence-corrected chi connectivity index (χ1v) is 8.07. The highest BCUT2D eigenvalue weighted by molar-refractivity contribution is 5.79. The summed E-state index contributed by atoms with van der Waals surface area (Å²) in [5, 5.41) is 1.08. The number of fused-ring (bicyclic) bond motifs is 3. The van der Waals surface area contributed by atoms with Crippen LogP contribution in [-0.2, 0) is 14.4 Å². The molecule has 0 unspecified atom stereocenters. The van der Waals surface area contributed by atoms with Crippen molar-refractivity contribution in [2.45, 2.75) is 18.8 Å². The minimum Gasteiger partial charge on any atom is -0.432 e. The number of ether oxygens (including phenoxy) is 1. The lowest BCUT2D eigenvalue weighted by Crippen LogP contribution is -2.29. The fourth-order valence-electron chi connectivity index (χ4n) is 3.43. The summed E-state index contributed by atoms with van der Waals surface area (Å²) in [7, 11) is 0. The average molecular weight is 323 g/mol. The Morgan fingerprint density at radius 3 is 2.25 bits per heavy atom. The van der Waals surface area contributed by atoms with E-state index in [4.69, 9.17) is 9.57 Å². The number of rotatable bonds is 3. The number of hydrogen-bond acceptors (Lipinski definition) is 4. The second kappa shape index (κ2) is 6.00. The molecule has 1 aliphatic heterocycles. The van der Waals surface area contributed by atoms with E-state index >= 15 is 0 Å². The third-order valence-electron chi connectivity index (χ3n) is 4.55. The molecule has 0 radical (unpaired) electrons. The quantitative estimate of drug-likeness (QED) is 0.811. The van der Waals surface area contributed by atoms with Crippen molar-refractivity contribution >= 4 is 12.1 Å². The Balaban J connectivity index is 1.48. The second-order valence-electron chi connectivity index (χ2n) is 5.98. The van der Waals surface area contributed by atoms with Gasteiger partial charge in [-0.3, -0.25) is 4.79 Å². The van der Waals surface area contributed by atoms with Gasteiger partial charge in [0.2, 0.25) is 0 Å². The normalized spacial score (nSPS) is 16.0. The van der Waals surface area contributed by atoms with Gasteiger partial charge in [-0.05, 0) is 28.7 Å². The molecule has 0 aromatic heterocycles. The van der Waals surface area contributed by atoms with Crippen molar-refractivity contribution in [2.75, 3.05) is 13.2 Å². The van der Waals surface area contributed by atoms with Crippen molar-refractivity contribution in [3.05, 3.63) is 59.7 Å². The number of carbonyl (C=O) groups excluding carboxylic acids is 2. The summed E-state index contributed by atoms with van der Waals surface area (Å²) in [6, 6.07) is 16.2. The number of hydroxylamine groups is 2. The maximum absolute atomic E-state index is 11.9. The summed E-state index contributed by atoms with van der Waals surface area (Å²) in [4.78, 5) is 28.4. The summed E-state index contributed by atoms with van der Waals surface area (Å²) in [5.41, 5.74) is 4.63. The molecule has 2 aromatic carbocycles. The van der Waals surface area contributed by atoms with Crippen LogP contribution in [0.4, 0.5) is 4.79 Å². The van der Waals surface area contributed by atoms with Crippen molar-refractivity contribution in [1.29, 1.82) is 0 Å². The Labute approximate surface area is 139 Å². The Hall–Kier alpha value is -2.82. The van der Waals surface area contributed by atoms with Gasteiger partial charge in [-0.2, -0.15) is 5.06 Å². The maximum atomic E-state index is 11.9. The fraction of sp³-hybridized carbons (Fsp3) is 0.263. The monoisotopic (exact) mass is 323 g/mol. The van der Waals surface area contributed by atoms with Crippen molar-refractivity contribution in [3.8, 4) is 11.1 Å². The predicted molar refractivity (Wildman–Crippen MR) is 87.1 cm³/mol. The Morgan fingerprint density at radius 1 is 1.04 bits per heavy atom. The summed E-state index contributed by atoms with van der Waals surface area (Å²) in [6.45, 7) is 0.623. The van der Waals surface area contributed by atoms with Crippen LogP contribution in [0, 0.1) is 0 Å². The molecule has 0 bridgehead atoms. The highest BCUT2D eigenvalue weighted by Gasteiger charge is 2.30. The molecule has 122 valence electrons. The topological polar surface area (TPSA) is 55.8 Å². The highest BCUT2D eigenvalue weighted by atomic mass is 16.8.